The standard InChI is InChI=1S/C41H27N5/c1-3-14-28(15-4-1)39-42-40(29-16-5-2-6-17-29)44-41(43-39)30-18-13-19-31(26-30)45-27-38(34-22-9-10-23-35(34)45)46-36-24-11-7-20-32(36)33-21-8-12-25-37(33)46/h1-27H. The Morgan fingerprint density at radius 2 is 0.826 bits per heavy atom. The first-order valence-electron chi connectivity index (χ1n) is 15.4. The Morgan fingerprint density at radius 1 is 0.370 bits per heavy atom. The molecule has 0 radical (unpaired) electrons. The smallest absolute Gasteiger partial charge is 0.164 e. The van der Waals surface area contributed by atoms with Crippen LogP contribution in [-0.2, 0) is 0 Å². The number of fused-ring (bicyclic) bond motifs is 4. The average Bonchev–Trinajstić information content (AvgIpc) is 3.68. The Hall–Kier alpha value is -6.33. The Morgan fingerprint density at radius 3 is 1.41 bits per heavy atom. The molecule has 0 aliphatic rings. The van der Waals surface area contributed by atoms with E-state index in [1.165, 1.54) is 27.2 Å². The minimum absolute atomic E-state index is 0.633. The first kappa shape index (κ1) is 26.1. The topological polar surface area (TPSA) is 48.5 Å². The summed E-state index contributed by atoms with van der Waals surface area (Å²) in [5, 5.41) is 3.67. The summed E-state index contributed by atoms with van der Waals surface area (Å²) in [6.07, 6.45) is 2.25. The molecule has 216 valence electrons. The number of benzene rings is 6. The van der Waals surface area contributed by atoms with Crippen molar-refractivity contribution in [2.45, 2.75) is 0 Å². The van der Waals surface area contributed by atoms with Crippen molar-refractivity contribution in [1.29, 1.82) is 0 Å². The number of nitrogens with zero attached hydrogens (tertiary/aromatic N) is 5. The Bertz CT molecular complexity index is 2420. The maximum Gasteiger partial charge on any atom is 0.164 e. The Balaban J connectivity index is 1.23. The molecule has 0 aliphatic carbocycles. The van der Waals surface area contributed by atoms with Crippen LogP contribution >= 0.6 is 0 Å². The van der Waals surface area contributed by atoms with Gasteiger partial charge >= 0.3 is 0 Å². The lowest BCUT2D eigenvalue weighted by Crippen LogP contribution is -2.01. The van der Waals surface area contributed by atoms with Gasteiger partial charge in [0, 0.05) is 44.7 Å². The molecule has 0 atom stereocenters. The van der Waals surface area contributed by atoms with Crippen LogP contribution in [0.25, 0.3) is 78.2 Å². The summed E-state index contributed by atoms with van der Waals surface area (Å²) in [6, 6.07) is 54.5. The zero-order valence-electron chi connectivity index (χ0n) is 24.8. The molecule has 9 rings (SSSR count). The lowest BCUT2D eigenvalue weighted by molar-refractivity contribution is 1.07. The second-order valence-corrected chi connectivity index (χ2v) is 11.4. The molecule has 46 heavy (non-hydrogen) atoms. The van der Waals surface area contributed by atoms with Crippen LogP contribution in [0.1, 0.15) is 0 Å². The molecule has 0 saturated heterocycles. The van der Waals surface area contributed by atoms with E-state index in [1.807, 2.05) is 60.7 Å². The number of hydrogen-bond acceptors (Lipinski definition) is 3. The zero-order valence-corrected chi connectivity index (χ0v) is 24.8. The third-order valence-electron chi connectivity index (χ3n) is 8.59. The molecular weight excluding hydrogens is 562 g/mol. The third-order valence-corrected chi connectivity index (χ3v) is 8.59. The van der Waals surface area contributed by atoms with E-state index in [9.17, 15) is 0 Å². The summed E-state index contributed by atoms with van der Waals surface area (Å²) < 4.78 is 4.66. The van der Waals surface area contributed by atoms with Gasteiger partial charge in [0.25, 0.3) is 0 Å². The Kier molecular flexibility index (Phi) is 6.06. The predicted octanol–water partition coefficient (Wildman–Crippen LogP) is 9.91. The van der Waals surface area contributed by atoms with Crippen molar-refractivity contribution in [3.8, 4) is 45.5 Å². The zero-order chi connectivity index (χ0) is 30.5. The molecule has 3 aromatic heterocycles. The van der Waals surface area contributed by atoms with Gasteiger partial charge in [0.2, 0.25) is 0 Å². The van der Waals surface area contributed by atoms with E-state index in [-0.39, 0.29) is 0 Å². The fourth-order valence-corrected chi connectivity index (χ4v) is 6.47. The average molecular weight is 590 g/mol. The van der Waals surface area contributed by atoms with Crippen LogP contribution in [-0.4, -0.2) is 24.1 Å². The molecule has 0 N–H and O–H groups in total. The molecule has 0 spiro atoms. The molecule has 5 nitrogen and oxygen atoms in total. The molecule has 9 aromatic rings. The van der Waals surface area contributed by atoms with Crippen molar-refractivity contribution < 1.29 is 0 Å². The minimum Gasteiger partial charge on any atom is -0.314 e. The SMILES string of the molecule is c1ccc(-c2nc(-c3ccccc3)nc(-c3cccc(-n4cc(-n5c6ccccc6c6ccccc65)c5ccccc54)c3)n2)cc1. The Labute approximate surface area is 265 Å². The van der Waals surface area contributed by atoms with Gasteiger partial charge in [-0.1, -0.05) is 127 Å². The van der Waals surface area contributed by atoms with E-state index in [4.69, 9.17) is 15.0 Å². The molecule has 0 saturated carbocycles. The molecule has 6 aromatic carbocycles. The second kappa shape index (κ2) is 10.7. The quantitative estimate of drug-likeness (QED) is 0.201. The maximum absolute atomic E-state index is 4.98. The van der Waals surface area contributed by atoms with Crippen LogP contribution < -0.4 is 0 Å². The van der Waals surface area contributed by atoms with Crippen molar-refractivity contribution in [2.24, 2.45) is 0 Å². The van der Waals surface area contributed by atoms with E-state index in [1.54, 1.807) is 0 Å². The van der Waals surface area contributed by atoms with Crippen molar-refractivity contribution in [3.63, 3.8) is 0 Å². The van der Waals surface area contributed by atoms with Gasteiger partial charge in [0.1, 0.15) is 0 Å². The third kappa shape index (κ3) is 4.29. The summed E-state index contributed by atoms with van der Waals surface area (Å²) in [6.45, 7) is 0. The first-order chi connectivity index (χ1) is 22.8. The van der Waals surface area contributed by atoms with Crippen LogP contribution in [0.4, 0.5) is 0 Å². The number of para-hydroxylation sites is 3. The van der Waals surface area contributed by atoms with Crippen LogP contribution in [0.2, 0.25) is 0 Å². The number of aromatic nitrogens is 5. The predicted molar refractivity (Wildman–Crippen MR) is 187 cm³/mol. The lowest BCUT2D eigenvalue weighted by Gasteiger charge is -2.10. The van der Waals surface area contributed by atoms with E-state index in [0.29, 0.717) is 17.5 Å². The highest BCUT2D eigenvalue weighted by molar-refractivity contribution is 6.10. The van der Waals surface area contributed by atoms with Crippen molar-refractivity contribution in [3.05, 3.63) is 164 Å². The maximum atomic E-state index is 4.98. The van der Waals surface area contributed by atoms with Crippen molar-refractivity contribution in [1.82, 2.24) is 24.1 Å². The monoisotopic (exact) mass is 589 g/mol. The molecule has 0 amide bonds. The summed E-state index contributed by atoms with van der Waals surface area (Å²) in [5.74, 6) is 1.93. The summed E-state index contributed by atoms with van der Waals surface area (Å²) in [4.78, 5) is 14.8. The molecule has 0 aliphatic heterocycles. The second-order valence-electron chi connectivity index (χ2n) is 11.4. The van der Waals surface area contributed by atoms with Gasteiger partial charge < -0.3 is 9.13 Å². The highest BCUT2D eigenvalue weighted by Gasteiger charge is 2.18. The number of rotatable bonds is 5. The number of hydrogen-bond donors (Lipinski definition) is 0. The van der Waals surface area contributed by atoms with Gasteiger partial charge in [-0.05, 0) is 30.3 Å². The van der Waals surface area contributed by atoms with Crippen molar-refractivity contribution in [2.75, 3.05) is 0 Å². The van der Waals surface area contributed by atoms with Crippen molar-refractivity contribution >= 4 is 32.7 Å². The molecule has 0 unspecified atom stereocenters. The summed E-state index contributed by atoms with van der Waals surface area (Å²) >= 11 is 0. The van der Waals surface area contributed by atoms with E-state index in [0.717, 1.165) is 33.6 Å². The molecule has 0 bridgehead atoms. The molecular formula is C41H27N5. The molecule has 3 heterocycles. The van der Waals surface area contributed by atoms with Crippen LogP contribution in [0, 0.1) is 0 Å². The fourth-order valence-electron chi connectivity index (χ4n) is 6.47. The summed E-state index contributed by atoms with van der Waals surface area (Å²) in [5.41, 5.74) is 8.49. The van der Waals surface area contributed by atoms with Gasteiger partial charge in [-0.3, -0.25) is 0 Å². The van der Waals surface area contributed by atoms with E-state index >= 15 is 0 Å². The molecule has 5 heteroatoms. The highest BCUT2D eigenvalue weighted by Crippen LogP contribution is 2.36. The van der Waals surface area contributed by atoms with Gasteiger partial charge in [-0.25, -0.2) is 15.0 Å². The summed E-state index contributed by atoms with van der Waals surface area (Å²) in [7, 11) is 0. The van der Waals surface area contributed by atoms with Gasteiger partial charge in [0.15, 0.2) is 17.5 Å². The largest absolute Gasteiger partial charge is 0.314 e. The van der Waals surface area contributed by atoms with E-state index in [2.05, 4.69) is 112 Å². The van der Waals surface area contributed by atoms with Gasteiger partial charge in [-0.15, -0.1) is 0 Å². The minimum atomic E-state index is 0.633. The normalized spacial score (nSPS) is 11.5. The van der Waals surface area contributed by atoms with Crippen LogP contribution in [0.3, 0.4) is 0 Å². The lowest BCUT2D eigenvalue weighted by atomic mass is 10.1. The fraction of sp³-hybridized carbons (Fsp3) is 0. The van der Waals surface area contributed by atoms with E-state index < -0.39 is 0 Å². The first-order valence-corrected chi connectivity index (χ1v) is 15.4. The van der Waals surface area contributed by atoms with Crippen LogP contribution in [0.15, 0.2) is 164 Å². The van der Waals surface area contributed by atoms with Gasteiger partial charge in [-0.2, -0.15) is 0 Å². The molecule has 0 fully saturated rings. The highest BCUT2D eigenvalue weighted by atomic mass is 15.1. The van der Waals surface area contributed by atoms with Crippen LogP contribution in [0.5, 0.6) is 0 Å². The van der Waals surface area contributed by atoms with Gasteiger partial charge in [0.05, 0.1) is 22.2 Å².